The Morgan fingerprint density at radius 3 is 2.83 bits per heavy atom. The van der Waals surface area contributed by atoms with Crippen molar-refractivity contribution in [3.63, 3.8) is 0 Å². The van der Waals surface area contributed by atoms with Gasteiger partial charge >= 0.3 is 0 Å². The Kier molecular flexibility index (Phi) is 5.15. The van der Waals surface area contributed by atoms with Crippen LogP contribution < -0.4 is 4.72 Å². The molecule has 1 atom stereocenters. The van der Waals surface area contributed by atoms with E-state index in [2.05, 4.69) is 14.6 Å². The van der Waals surface area contributed by atoms with E-state index in [1.54, 1.807) is 18.3 Å². The Morgan fingerprint density at radius 1 is 1.33 bits per heavy atom. The Morgan fingerprint density at radius 2 is 2.08 bits per heavy atom. The lowest BCUT2D eigenvalue weighted by molar-refractivity contribution is 0.0354. The molecule has 0 aliphatic carbocycles. The summed E-state index contributed by atoms with van der Waals surface area (Å²) in [6, 6.07) is 7.00. The lowest BCUT2D eigenvalue weighted by atomic mass is 10.2. The molecule has 2 heterocycles. The van der Waals surface area contributed by atoms with Gasteiger partial charge in [0.15, 0.2) is 0 Å². The molecular weight excluding hydrogens is 326 g/mol. The number of hydrogen-bond acceptors (Lipinski definition) is 5. The fourth-order valence-electron chi connectivity index (χ4n) is 3.00. The summed E-state index contributed by atoms with van der Waals surface area (Å²) in [5, 5.41) is 0.832. The summed E-state index contributed by atoms with van der Waals surface area (Å²) in [6.07, 6.45) is 1.69. The number of sulfonamides is 1. The number of pyridine rings is 1. The molecule has 1 aliphatic heterocycles. The molecule has 2 aromatic rings. The number of aryl methyl sites for hydroxylation is 1. The van der Waals surface area contributed by atoms with Crippen molar-refractivity contribution < 1.29 is 13.2 Å². The lowest BCUT2D eigenvalue weighted by Gasteiger charge is -2.29. The van der Waals surface area contributed by atoms with E-state index in [0.717, 1.165) is 24.0 Å². The third-order valence-corrected chi connectivity index (χ3v) is 5.71. The van der Waals surface area contributed by atoms with Crippen molar-refractivity contribution in [3.8, 4) is 0 Å². The molecule has 0 amide bonds. The molecule has 24 heavy (non-hydrogen) atoms. The minimum atomic E-state index is -3.62. The SMILES string of the molecule is Cc1cnc2c(S(=O)(=O)N[C@@H](C)CN3CCOCC3)cccc2c1. The van der Waals surface area contributed by atoms with Crippen LogP contribution >= 0.6 is 0 Å². The third-order valence-electron chi connectivity index (χ3n) is 4.09. The van der Waals surface area contributed by atoms with Gasteiger partial charge in [-0.25, -0.2) is 13.1 Å². The topological polar surface area (TPSA) is 71.5 Å². The number of nitrogens with one attached hydrogen (secondary N) is 1. The van der Waals surface area contributed by atoms with E-state index >= 15 is 0 Å². The van der Waals surface area contributed by atoms with E-state index in [4.69, 9.17) is 4.74 Å². The molecule has 1 aromatic carbocycles. The molecule has 0 saturated carbocycles. The fourth-order valence-corrected chi connectivity index (χ4v) is 4.41. The molecule has 0 radical (unpaired) electrons. The number of benzene rings is 1. The zero-order valence-electron chi connectivity index (χ0n) is 14.0. The highest BCUT2D eigenvalue weighted by Gasteiger charge is 2.22. The van der Waals surface area contributed by atoms with Crippen LogP contribution in [-0.2, 0) is 14.8 Å². The molecule has 1 fully saturated rings. The van der Waals surface area contributed by atoms with Crippen molar-refractivity contribution in [2.24, 2.45) is 0 Å². The molecule has 0 unspecified atom stereocenters. The number of morpholine rings is 1. The Bertz CT molecular complexity index is 817. The predicted molar refractivity (Wildman–Crippen MR) is 93.5 cm³/mol. The first kappa shape index (κ1) is 17.3. The van der Waals surface area contributed by atoms with Crippen LogP contribution in [0, 0.1) is 6.92 Å². The van der Waals surface area contributed by atoms with Crippen LogP contribution in [0.5, 0.6) is 0 Å². The van der Waals surface area contributed by atoms with Crippen molar-refractivity contribution in [2.45, 2.75) is 24.8 Å². The molecule has 7 heteroatoms. The van der Waals surface area contributed by atoms with Gasteiger partial charge in [-0.2, -0.15) is 0 Å². The van der Waals surface area contributed by atoms with Crippen LogP contribution in [0.1, 0.15) is 12.5 Å². The summed E-state index contributed by atoms with van der Waals surface area (Å²) in [7, 11) is -3.62. The number of nitrogens with zero attached hydrogens (tertiary/aromatic N) is 2. The molecule has 0 spiro atoms. The summed E-state index contributed by atoms with van der Waals surface area (Å²) in [5.74, 6) is 0. The van der Waals surface area contributed by atoms with Crippen molar-refractivity contribution in [2.75, 3.05) is 32.8 Å². The highest BCUT2D eigenvalue weighted by molar-refractivity contribution is 7.89. The average Bonchev–Trinajstić information content (AvgIpc) is 2.54. The van der Waals surface area contributed by atoms with Gasteiger partial charge in [0.1, 0.15) is 4.90 Å². The number of para-hydroxylation sites is 1. The van der Waals surface area contributed by atoms with E-state index in [9.17, 15) is 8.42 Å². The zero-order valence-corrected chi connectivity index (χ0v) is 14.8. The quantitative estimate of drug-likeness (QED) is 0.887. The standard InChI is InChI=1S/C17H23N3O3S/c1-13-10-15-4-3-5-16(17(15)18-11-13)24(21,22)19-14(2)12-20-6-8-23-9-7-20/h3-5,10-11,14,19H,6-9,12H2,1-2H3/t14-/m0/s1. The van der Waals surface area contributed by atoms with Crippen LogP contribution in [-0.4, -0.2) is 57.2 Å². The number of aromatic nitrogens is 1. The summed E-state index contributed by atoms with van der Waals surface area (Å²) >= 11 is 0. The van der Waals surface area contributed by atoms with E-state index < -0.39 is 10.0 Å². The van der Waals surface area contributed by atoms with Gasteiger partial charge in [-0.3, -0.25) is 9.88 Å². The van der Waals surface area contributed by atoms with Crippen LogP contribution in [0.4, 0.5) is 0 Å². The summed E-state index contributed by atoms with van der Waals surface area (Å²) < 4.78 is 33.7. The van der Waals surface area contributed by atoms with Crippen molar-refractivity contribution in [1.29, 1.82) is 0 Å². The van der Waals surface area contributed by atoms with Crippen LogP contribution in [0.3, 0.4) is 0 Å². The molecule has 1 N–H and O–H groups in total. The Labute approximate surface area is 142 Å². The van der Waals surface area contributed by atoms with Crippen molar-refractivity contribution in [1.82, 2.24) is 14.6 Å². The van der Waals surface area contributed by atoms with Crippen molar-refractivity contribution >= 4 is 20.9 Å². The van der Waals surface area contributed by atoms with Gasteiger partial charge in [0.2, 0.25) is 10.0 Å². The molecule has 3 rings (SSSR count). The molecule has 6 nitrogen and oxygen atoms in total. The van der Waals surface area contributed by atoms with Crippen LogP contribution in [0.2, 0.25) is 0 Å². The molecule has 1 aromatic heterocycles. The summed E-state index contributed by atoms with van der Waals surface area (Å²) in [6.45, 7) is 7.56. The molecular formula is C17H23N3O3S. The zero-order chi connectivity index (χ0) is 17.2. The maximum Gasteiger partial charge on any atom is 0.243 e. The van der Waals surface area contributed by atoms with Crippen molar-refractivity contribution in [3.05, 3.63) is 36.0 Å². The number of hydrogen-bond donors (Lipinski definition) is 1. The number of ether oxygens (including phenoxy) is 1. The van der Waals surface area contributed by atoms with Gasteiger partial charge in [-0.1, -0.05) is 12.1 Å². The minimum Gasteiger partial charge on any atom is -0.379 e. The van der Waals surface area contributed by atoms with E-state index in [0.29, 0.717) is 25.3 Å². The second-order valence-corrected chi connectivity index (χ2v) is 7.96. The molecule has 0 bridgehead atoms. The third kappa shape index (κ3) is 3.92. The van der Waals surface area contributed by atoms with Gasteiger partial charge in [0, 0.05) is 37.3 Å². The highest BCUT2D eigenvalue weighted by Crippen LogP contribution is 2.22. The Hall–Kier alpha value is -1.54. The normalized spacial score (nSPS) is 17.9. The van der Waals surface area contributed by atoms with Crippen LogP contribution in [0.25, 0.3) is 10.9 Å². The maximum atomic E-state index is 12.8. The average molecular weight is 349 g/mol. The fraction of sp³-hybridized carbons (Fsp3) is 0.471. The van der Waals surface area contributed by atoms with E-state index in [1.165, 1.54) is 0 Å². The van der Waals surface area contributed by atoms with E-state index in [-0.39, 0.29) is 10.9 Å². The predicted octanol–water partition coefficient (Wildman–Crippen LogP) is 1.54. The van der Waals surface area contributed by atoms with Gasteiger partial charge in [0.05, 0.1) is 18.7 Å². The number of rotatable bonds is 5. The van der Waals surface area contributed by atoms with Crippen LogP contribution in [0.15, 0.2) is 35.4 Å². The summed E-state index contributed by atoms with van der Waals surface area (Å²) in [5.41, 5.74) is 1.51. The van der Waals surface area contributed by atoms with Gasteiger partial charge in [0.25, 0.3) is 0 Å². The molecule has 1 aliphatic rings. The first-order valence-electron chi connectivity index (χ1n) is 8.13. The van der Waals surface area contributed by atoms with Gasteiger partial charge in [-0.15, -0.1) is 0 Å². The summed E-state index contributed by atoms with van der Waals surface area (Å²) in [4.78, 5) is 6.76. The molecule has 1 saturated heterocycles. The highest BCUT2D eigenvalue weighted by atomic mass is 32.2. The maximum absolute atomic E-state index is 12.8. The lowest BCUT2D eigenvalue weighted by Crippen LogP contribution is -2.45. The monoisotopic (exact) mass is 349 g/mol. The second-order valence-electron chi connectivity index (χ2n) is 6.28. The second kappa shape index (κ2) is 7.14. The first-order chi connectivity index (χ1) is 11.5. The Balaban J connectivity index is 1.80. The smallest absolute Gasteiger partial charge is 0.243 e. The molecule has 130 valence electrons. The largest absolute Gasteiger partial charge is 0.379 e. The first-order valence-corrected chi connectivity index (χ1v) is 9.62. The minimum absolute atomic E-state index is 0.186. The van der Waals surface area contributed by atoms with Gasteiger partial charge < -0.3 is 4.74 Å². The van der Waals surface area contributed by atoms with Gasteiger partial charge in [-0.05, 0) is 31.5 Å². The number of fused-ring (bicyclic) bond motifs is 1. The van der Waals surface area contributed by atoms with E-state index in [1.807, 2.05) is 26.0 Å².